The number of carbonyl (C=O) groups excluding carboxylic acids is 1. The maximum atomic E-state index is 13.0. The molecule has 160 valence electrons. The zero-order chi connectivity index (χ0) is 21.1. The number of sulfonamides is 1. The number of benzene rings is 1. The van der Waals surface area contributed by atoms with Gasteiger partial charge in [-0.2, -0.15) is 4.31 Å². The number of pyridine rings is 1. The number of rotatable bonds is 5. The summed E-state index contributed by atoms with van der Waals surface area (Å²) < 4.78 is 27.2. The molecule has 1 aromatic carbocycles. The van der Waals surface area contributed by atoms with Crippen LogP contribution in [0, 0.1) is 0 Å². The number of amides is 1. The second kappa shape index (κ2) is 8.91. The number of hydrogen-bond acceptors (Lipinski definition) is 5. The van der Waals surface area contributed by atoms with E-state index in [1.165, 1.54) is 28.9 Å². The Morgan fingerprint density at radius 3 is 2.43 bits per heavy atom. The Morgan fingerprint density at radius 2 is 1.70 bits per heavy atom. The Morgan fingerprint density at radius 1 is 1.00 bits per heavy atom. The Labute approximate surface area is 182 Å². The third-order valence-electron chi connectivity index (χ3n) is 5.58. The van der Waals surface area contributed by atoms with Crippen LogP contribution in [0.5, 0.6) is 0 Å². The van der Waals surface area contributed by atoms with Gasteiger partial charge in [-0.15, -0.1) is 0 Å². The van der Waals surface area contributed by atoms with Crippen LogP contribution in [-0.2, 0) is 10.0 Å². The molecule has 4 rings (SSSR count). The van der Waals surface area contributed by atoms with Crippen molar-refractivity contribution in [2.24, 2.45) is 0 Å². The summed E-state index contributed by atoms with van der Waals surface area (Å²) in [6.45, 7) is 2.79. The van der Waals surface area contributed by atoms with Crippen molar-refractivity contribution < 1.29 is 13.2 Å². The van der Waals surface area contributed by atoms with E-state index in [0.717, 1.165) is 44.6 Å². The summed E-state index contributed by atoms with van der Waals surface area (Å²) in [6.07, 6.45) is 6.77. The zero-order valence-electron chi connectivity index (χ0n) is 16.7. The second-order valence-corrected chi connectivity index (χ2v) is 9.97. The van der Waals surface area contributed by atoms with Gasteiger partial charge in [0.1, 0.15) is 0 Å². The maximum absolute atomic E-state index is 13.0. The molecule has 0 radical (unpaired) electrons. The molecule has 0 aliphatic carbocycles. The Kier molecular flexibility index (Phi) is 6.26. The molecule has 2 saturated heterocycles. The van der Waals surface area contributed by atoms with Gasteiger partial charge in [-0.05, 0) is 62.4 Å². The lowest BCUT2D eigenvalue weighted by Gasteiger charge is -2.29. The zero-order valence-corrected chi connectivity index (χ0v) is 18.3. The fourth-order valence-electron chi connectivity index (χ4n) is 3.96. The number of piperidine rings is 1. The van der Waals surface area contributed by atoms with Crippen LogP contribution in [0.15, 0.2) is 41.4 Å². The highest BCUT2D eigenvalue weighted by Crippen LogP contribution is 2.29. The minimum absolute atomic E-state index is 0.0846. The molecule has 0 saturated carbocycles. The number of halogens is 1. The first-order chi connectivity index (χ1) is 14.5. The van der Waals surface area contributed by atoms with Crippen LogP contribution in [-0.4, -0.2) is 49.8 Å². The first-order valence-electron chi connectivity index (χ1n) is 10.3. The molecule has 0 atom stereocenters. The van der Waals surface area contributed by atoms with Gasteiger partial charge < -0.3 is 10.2 Å². The van der Waals surface area contributed by atoms with Crippen LogP contribution in [0.4, 0.5) is 11.5 Å². The van der Waals surface area contributed by atoms with Crippen LogP contribution >= 0.6 is 11.6 Å². The van der Waals surface area contributed by atoms with Gasteiger partial charge in [0.2, 0.25) is 10.0 Å². The topological polar surface area (TPSA) is 82.6 Å². The average molecular weight is 449 g/mol. The van der Waals surface area contributed by atoms with Crippen LogP contribution in [0.1, 0.15) is 42.5 Å². The summed E-state index contributed by atoms with van der Waals surface area (Å²) in [6, 6.07) is 7.85. The summed E-state index contributed by atoms with van der Waals surface area (Å²) in [4.78, 5) is 19.7. The van der Waals surface area contributed by atoms with E-state index in [9.17, 15) is 13.2 Å². The van der Waals surface area contributed by atoms with Crippen molar-refractivity contribution in [3.63, 3.8) is 0 Å². The SMILES string of the molecule is O=C(Nc1cccnc1N1CCCCC1)c1cc(S(=O)(=O)N2CCCC2)ccc1Cl. The van der Waals surface area contributed by atoms with E-state index in [4.69, 9.17) is 11.6 Å². The Bertz CT molecular complexity index is 1030. The summed E-state index contributed by atoms with van der Waals surface area (Å²) >= 11 is 6.26. The van der Waals surface area contributed by atoms with E-state index >= 15 is 0 Å². The molecule has 7 nitrogen and oxygen atoms in total. The van der Waals surface area contributed by atoms with Gasteiger partial charge in [0.25, 0.3) is 5.91 Å². The van der Waals surface area contributed by atoms with Gasteiger partial charge in [-0.25, -0.2) is 13.4 Å². The first-order valence-corrected chi connectivity index (χ1v) is 12.1. The molecular weight excluding hydrogens is 424 g/mol. The van der Waals surface area contributed by atoms with Crippen LogP contribution in [0.3, 0.4) is 0 Å². The highest BCUT2D eigenvalue weighted by molar-refractivity contribution is 7.89. The lowest BCUT2D eigenvalue weighted by atomic mass is 10.1. The van der Waals surface area contributed by atoms with E-state index in [2.05, 4.69) is 15.2 Å². The van der Waals surface area contributed by atoms with E-state index < -0.39 is 15.9 Å². The van der Waals surface area contributed by atoms with Gasteiger partial charge in [-0.1, -0.05) is 11.6 Å². The molecule has 1 amide bonds. The molecule has 2 fully saturated rings. The molecular formula is C21H25ClN4O3S. The predicted molar refractivity (Wildman–Crippen MR) is 118 cm³/mol. The fourth-order valence-corrected chi connectivity index (χ4v) is 5.71. The van der Waals surface area contributed by atoms with Gasteiger partial charge in [0.15, 0.2) is 5.82 Å². The van der Waals surface area contributed by atoms with Crippen molar-refractivity contribution in [3.05, 3.63) is 47.1 Å². The number of aromatic nitrogens is 1. The van der Waals surface area contributed by atoms with Crippen molar-refractivity contribution in [2.45, 2.75) is 37.0 Å². The monoisotopic (exact) mass is 448 g/mol. The van der Waals surface area contributed by atoms with Crippen molar-refractivity contribution in [3.8, 4) is 0 Å². The van der Waals surface area contributed by atoms with Crippen LogP contribution in [0.25, 0.3) is 0 Å². The smallest absolute Gasteiger partial charge is 0.257 e. The number of nitrogens with one attached hydrogen (secondary N) is 1. The molecule has 2 aliphatic heterocycles. The summed E-state index contributed by atoms with van der Waals surface area (Å²) in [5.41, 5.74) is 0.721. The summed E-state index contributed by atoms with van der Waals surface area (Å²) in [5.74, 6) is 0.271. The molecule has 3 heterocycles. The van der Waals surface area contributed by atoms with Gasteiger partial charge >= 0.3 is 0 Å². The highest BCUT2D eigenvalue weighted by atomic mass is 35.5. The van der Waals surface area contributed by atoms with E-state index in [0.29, 0.717) is 18.8 Å². The molecule has 1 aromatic heterocycles. The largest absolute Gasteiger partial charge is 0.355 e. The summed E-state index contributed by atoms with van der Waals surface area (Å²) in [7, 11) is -3.64. The minimum Gasteiger partial charge on any atom is -0.355 e. The quantitative estimate of drug-likeness (QED) is 0.752. The van der Waals surface area contributed by atoms with Crippen molar-refractivity contribution >= 4 is 39.0 Å². The standard InChI is InChI=1S/C21H25ClN4O3S/c22-18-9-8-16(30(28,29)26-13-4-5-14-26)15-17(18)21(27)24-19-7-6-10-23-20(19)25-11-2-1-3-12-25/h6-10,15H,1-5,11-14H2,(H,24,27). The van der Waals surface area contributed by atoms with Crippen molar-refractivity contribution in [1.82, 2.24) is 9.29 Å². The maximum Gasteiger partial charge on any atom is 0.257 e. The van der Waals surface area contributed by atoms with Gasteiger partial charge in [0.05, 0.1) is 21.2 Å². The lowest BCUT2D eigenvalue weighted by molar-refractivity contribution is 0.102. The number of hydrogen-bond donors (Lipinski definition) is 1. The van der Waals surface area contributed by atoms with Gasteiger partial charge in [-0.3, -0.25) is 4.79 Å². The normalized spacial score (nSPS) is 17.8. The molecule has 9 heteroatoms. The molecule has 0 spiro atoms. The van der Waals surface area contributed by atoms with Crippen LogP contribution < -0.4 is 10.2 Å². The minimum atomic E-state index is -3.64. The van der Waals surface area contributed by atoms with E-state index in [1.807, 2.05) is 0 Å². The number of carbonyl (C=O) groups is 1. The molecule has 2 aliphatic rings. The third-order valence-corrected chi connectivity index (χ3v) is 7.80. The van der Waals surface area contributed by atoms with E-state index in [-0.39, 0.29) is 15.5 Å². The molecule has 30 heavy (non-hydrogen) atoms. The molecule has 0 unspecified atom stereocenters. The van der Waals surface area contributed by atoms with Gasteiger partial charge in [0, 0.05) is 32.4 Å². The third kappa shape index (κ3) is 4.31. The predicted octanol–water partition coefficient (Wildman–Crippen LogP) is 3.76. The number of anilines is 2. The Balaban J connectivity index is 1.60. The molecule has 0 bridgehead atoms. The fraction of sp³-hybridized carbons (Fsp3) is 0.429. The number of nitrogens with zero attached hydrogens (tertiary/aromatic N) is 3. The lowest BCUT2D eigenvalue weighted by Crippen LogP contribution is -2.31. The van der Waals surface area contributed by atoms with Crippen molar-refractivity contribution in [1.29, 1.82) is 0 Å². The highest BCUT2D eigenvalue weighted by Gasteiger charge is 2.28. The second-order valence-electron chi connectivity index (χ2n) is 7.63. The van der Waals surface area contributed by atoms with Crippen LogP contribution in [0.2, 0.25) is 5.02 Å². The average Bonchev–Trinajstić information content (AvgIpc) is 3.31. The molecule has 2 aromatic rings. The van der Waals surface area contributed by atoms with E-state index in [1.54, 1.807) is 18.3 Å². The first kappa shape index (κ1) is 21.1. The van der Waals surface area contributed by atoms with Crippen molar-refractivity contribution in [2.75, 3.05) is 36.4 Å². The molecule has 1 N–H and O–H groups in total. The summed E-state index contributed by atoms with van der Waals surface area (Å²) in [5, 5.41) is 3.08. The Hall–Kier alpha value is -2.16.